The number of nitrogens with zero attached hydrogens (tertiary/aromatic N) is 1. The summed E-state index contributed by atoms with van der Waals surface area (Å²) >= 11 is 0. The van der Waals surface area contributed by atoms with E-state index in [9.17, 15) is 5.11 Å². The molecule has 16 heavy (non-hydrogen) atoms. The zero-order chi connectivity index (χ0) is 12.2. The lowest BCUT2D eigenvalue weighted by atomic mass is 9.99. The molecule has 2 N–H and O–H groups in total. The molecule has 0 radical (unpaired) electrons. The Morgan fingerprint density at radius 1 is 1.56 bits per heavy atom. The first-order chi connectivity index (χ1) is 7.47. The van der Waals surface area contributed by atoms with E-state index < -0.39 is 0 Å². The van der Waals surface area contributed by atoms with Gasteiger partial charge in [0.2, 0.25) is 0 Å². The topological polar surface area (TPSA) is 44.7 Å². The van der Waals surface area contributed by atoms with Crippen LogP contribution in [0.3, 0.4) is 0 Å². The minimum Gasteiger partial charge on any atom is -0.394 e. The van der Waals surface area contributed by atoms with Crippen molar-refractivity contribution in [2.45, 2.75) is 44.8 Å². The maximum absolute atomic E-state index is 9.34. The third-order valence-electron chi connectivity index (χ3n) is 3.63. The van der Waals surface area contributed by atoms with E-state index in [2.05, 4.69) is 38.0 Å². The third kappa shape index (κ3) is 3.70. The Morgan fingerprint density at radius 2 is 2.25 bits per heavy atom. The van der Waals surface area contributed by atoms with Crippen molar-refractivity contribution < 1.29 is 9.84 Å². The van der Waals surface area contributed by atoms with Crippen LogP contribution in [0.5, 0.6) is 0 Å². The zero-order valence-electron chi connectivity index (χ0n) is 11.0. The second-order valence-corrected chi connectivity index (χ2v) is 5.39. The minimum absolute atomic E-state index is 0.158. The molecule has 1 heterocycles. The van der Waals surface area contributed by atoms with E-state index in [1.807, 2.05) is 0 Å². The Kier molecular flexibility index (Phi) is 5.18. The lowest BCUT2D eigenvalue weighted by Crippen LogP contribution is -2.52. The van der Waals surface area contributed by atoms with Crippen molar-refractivity contribution in [2.24, 2.45) is 0 Å². The number of likely N-dealkylation sites (N-methyl/N-ethyl adjacent to an activating group) is 1. The standard InChI is InChI=1S/C12H26N2O2/c1-10(14(4)12(2,3)9-15)7-11-8-16-6-5-13-11/h10-11,13,15H,5-9H2,1-4H3. The van der Waals surface area contributed by atoms with Crippen LogP contribution in [-0.2, 0) is 4.74 Å². The number of hydrogen-bond acceptors (Lipinski definition) is 4. The Balaban J connectivity index is 2.41. The second kappa shape index (κ2) is 5.96. The summed E-state index contributed by atoms with van der Waals surface area (Å²) in [6.07, 6.45) is 1.06. The molecule has 0 aromatic carbocycles. The average molecular weight is 230 g/mol. The van der Waals surface area contributed by atoms with Gasteiger partial charge in [0.1, 0.15) is 0 Å². The van der Waals surface area contributed by atoms with Crippen LogP contribution in [0.4, 0.5) is 0 Å². The summed E-state index contributed by atoms with van der Waals surface area (Å²) in [6, 6.07) is 0.877. The predicted molar refractivity (Wildman–Crippen MR) is 65.6 cm³/mol. The molecule has 0 amide bonds. The van der Waals surface area contributed by atoms with Gasteiger partial charge in [0.15, 0.2) is 0 Å². The number of aliphatic hydroxyl groups is 1. The van der Waals surface area contributed by atoms with E-state index in [1.54, 1.807) is 0 Å². The van der Waals surface area contributed by atoms with Gasteiger partial charge in [0.25, 0.3) is 0 Å². The summed E-state index contributed by atoms with van der Waals surface area (Å²) in [6.45, 7) is 9.09. The zero-order valence-corrected chi connectivity index (χ0v) is 11.0. The predicted octanol–water partition coefficient (Wildman–Crippen LogP) is 0.456. The van der Waals surface area contributed by atoms with Crippen LogP contribution in [0.25, 0.3) is 0 Å². The summed E-state index contributed by atoms with van der Waals surface area (Å²) in [5.41, 5.74) is -0.158. The normalized spacial score (nSPS) is 24.8. The molecule has 0 aliphatic carbocycles. The fourth-order valence-electron chi connectivity index (χ4n) is 2.05. The van der Waals surface area contributed by atoms with Crippen molar-refractivity contribution in [1.29, 1.82) is 0 Å². The highest BCUT2D eigenvalue weighted by Crippen LogP contribution is 2.18. The number of ether oxygens (including phenoxy) is 1. The molecule has 0 spiro atoms. The van der Waals surface area contributed by atoms with Crippen molar-refractivity contribution in [3.05, 3.63) is 0 Å². The van der Waals surface area contributed by atoms with Crippen molar-refractivity contribution >= 4 is 0 Å². The van der Waals surface area contributed by atoms with E-state index >= 15 is 0 Å². The molecule has 0 saturated carbocycles. The largest absolute Gasteiger partial charge is 0.394 e. The fourth-order valence-corrected chi connectivity index (χ4v) is 2.05. The Labute approximate surface area is 99.0 Å². The van der Waals surface area contributed by atoms with E-state index in [-0.39, 0.29) is 12.1 Å². The Morgan fingerprint density at radius 3 is 2.75 bits per heavy atom. The molecule has 1 fully saturated rings. The van der Waals surface area contributed by atoms with E-state index in [0.717, 1.165) is 26.2 Å². The van der Waals surface area contributed by atoms with Gasteiger partial charge in [-0.05, 0) is 34.2 Å². The lowest BCUT2D eigenvalue weighted by Gasteiger charge is -2.40. The molecule has 0 bridgehead atoms. The highest BCUT2D eigenvalue weighted by Gasteiger charge is 2.28. The van der Waals surface area contributed by atoms with Gasteiger partial charge < -0.3 is 15.2 Å². The summed E-state index contributed by atoms with van der Waals surface area (Å²) in [7, 11) is 2.07. The number of nitrogens with one attached hydrogen (secondary N) is 1. The summed E-state index contributed by atoms with van der Waals surface area (Å²) in [5.74, 6) is 0. The highest BCUT2D eigenvalue weighted by molar-refractivity contribution is 4.84. The molecule has 4 heteroatoms. The van der Waals surface area contributed by atoms with Crippen molar-refractivity contribution in [3.8, 4) is 0 Å². The minimum atomic E-state index is -0.158. The molecule has 1 rings (SSSR count). The number of morpholine rings is 1. The van der Waals surface area contributed by atoms with Crippen LogP contribution < -0.4 is 5.32 Å². The van der Waals surface area contributed by atoms with Gasteiger partial charge >= 0.3 is 0 Å². The van der Waals surface area contributed by atoms with Gasteiger partial charge in [-0.25, -0.2) is 0 Å². The molecule has 1 aliphatic heterocycles. The first-order valence-electron chi connectivity index (χ1n) is 6.12. The quantitative estimate of drug-likeness (QED) is 0.720. The highest BCUT2D eigenvalue weighted by atomic mass is 16.5. The lowest BCUT2D eigenvalue weighted by molar-refractivity contribution is 0.0267. The van der Waals surface area contributed by atoms with Crippen LogP contribution in [-0.4, -0.2) is 61.0 Å². The smallest absolute Gasteiger partial charge is 0.0620 e. The molecule has 1 saturated heterocycles. The maximum Gasteiger partial charge on any atom is 0.0620 e. The van der Waals surface area contributed by atoms with Crippen LogP contribution >= 0.6 is 0 Å². The van der Waals surface area contributed by atoms with Gasteiger partial charge in [0, 0.05) is 24.2 Å². The van der Waals surface area contributed by atoms with Crippen molar-refractivity contribution in [2.75, 3.05) is 33.4 Å². The third-order valence-corrected chi connectivity index (χ3v) is 3.63. The van der Waals surface area contributed by atoms with Crippen molar-refractivity contribution in [1.82, 2.24) is 10.2 Å². The number of aliphatic hydroxyl groups excluding tert-OH is 1. The van der Waals surface area contributed by atoms with Crippen LogP contribution in [0.1, 0.15) is 27.2 Å². The average Bonchev–Trinajstić information content (AvgIpc) is 2.29. The Hall–Kier alpha value is -0.160. The van der Waals surface area contributed by atoms with Crippen LogP contribution in [0.2, 0.25) is 0 Å². The maximum atomic E-state index is 9.34. The van der Waals surface area contributed by atoms with Crippen LogP contribution in [0, 0.1) is 0 Å². The van der Waals surface area contributed by atoms with Gasteiger partial charge in [-0.3, -0.25) is 4.90 Å². The number of rotatable bonds is 5. The summed E-state index contributed by atoms with van der Waals surface area (Å²) in [5, 5.41) is 12.8. The van der Waals surface area contributed by atoms with E-state index in [4.69, 9.17) is 4.74 Å². The van der Waals surface area contributed by atoms with E-state index in [1.165, 1.54) is 0 Å². The molecular formula is C12H26N2O2. The molecule has 2 atom stereocenters. The van der Waals surface area contributed by atoms with E-state index in [0.29, 0.717) is 12.1 Å². The molecule has 4 nitrogen and oxygen atoms in total. The molecule has 0 aromatic heterocycles. The molecule has 2 unspecified atom stereocenters. The Bertz CT molecular complexity index is 203. The molecule has 0 aromatic rings. The second-order valence-electron chi connectivity index (χ2n) is 5.39. The molecular weight excluding hydrogens is 204 g/mol. The van der Waals surface area contributed by atoms with Gasteiger partial charge in [-0.15, -0.1) is 0 Å². The summed E-state index contributed by atoms with van der Waals surface area (Å²) in [4.78, 5) is 2.24. The molecule has 1 aliphatic rings. The first kappa shape index (κ1) is 13.9. The number of hydrogen-bond donors (Lipinski definition) is 2. The van der Waals surface area contributed by atoms with Crippen LogP contribution in [0.15, 0.2) is 0 Å². The molecule has 96 valence electrons. The van der Waals surface area contributed by atoms with Gasteiger partial charge in [-0.2, -0.15) is 0 Å². The van der Waals surface area contributed by atoms with Gasteiger partial charge in [-0.1, -0.05) is 0 Å². The monoisotopic (exact) mass is 230 g/mol. The fraction of sp³-hybridized carbons (Fsp3) is 1.00. The summed E-state index contributed by atoms with van der Waals surface area (Å²) < 4.78 is 5.44. The SMILES string of the molecule is CC(CC1COCCN1)N(C)C(C)(C)CO. The van der Waals surface area contributed by atoms with Crippen molar-refractivity contribution in [3.63, 3.8) is 0 Å². The van der Waals surface area contributed by atoms with Gasteiger partial charge in [0.05, 0.1) is 19.8 Å². The first-order valence-corrected chi connectivity index (χ1v) is 6.12.